The Morgan fingerprint density at radius 2 is 1.91 bits per heavy atom. The van der Waals surface area contributed by atoms with Gasteiger partial charge in [0.1, 0.15) is 0 Å². The van der Waals surface area contributed by atoms with Crippen molar-refractivity contribution in [2.45, 2.75) is 59.0 Å². The number of aryl methyl sites for hydroxylation is 1. The predicted octanol–water partition coefficient (Wildman–Crippen LogP) is 4.82. The van der Waals surface area contributed by atoms with Crippen molar-refractivity contribution >= 4 is 5.97 Å². The highest BCUT2D eigenvalue weighted by Crippen LogP contribution is 2.72. The van der Waals surface area contributed by atoms with Gasteiger partial charge in [0.25, 0.3) is 0 Å². The fourth-order valence-corrected chi connectivity index (χ4v) is 7.28. The largest absolute Gasteiger partial charge is 0.481 e. The maximum Gasteiger partial charge on any atom is 0.303 e. The molecule has 5 rings (SSSR count). The monoisotopic (exact) mass is 465 g/mol. The quantitative estimate of drug-likeness (QED) is 0.555. The van der Waals surface area contributed by atoms with Crippen LogP contribution in [0.15, 0.2) is 60.0 Å². The van der Waals surface area contributed by atoms with E-state index in [2.05, 4.69) is 51.4 Å². The molecule has 1 aromatic heterocycles. The van der Waals surface area contributed by atoms with E-state index in [1.807, 2.05) is 12.1 Å². The molecule has 6 unspecified atom stereocenters. The first-order valence-corrected chi connectivity index (χ1v) is 12.5. The Kier molecular flexibility index (Phi) is 6.65. The van der Waals surface area contributed by atoms with E-state index in [-0.39, 0.29) is 18.9 Å². The van der Waals surface area contributed by atoms with Crippen LogP contribution in [0, 0.1) is 40.9 Å². The molecule has 2 fully saturated rings. The number of aliphatic hydroxyl groups excluding tert-OH is 1. The minimum atomic E-state index is -0.891. The first kappa shape index (κ1) is 24.9. The Labute approximate surface area is 203 Å². The fourth-order valence-electron chi connectivity index (χ4n) is 7.28. The average Bonchev–Trinajstić information content (AvgIpc) is 3.31. The standard InChI is InChI=1S/C21H30O2.C8H9NO2/c1-11-6-16-18-12(2)7-17-19(20(17,4)5)15(18)8-14(10-22)9-21(16,23)13(11)3;10-8(11)2-1-7-3-5-9-6-4-7/h6,8,12,15-19,22-23H,3,7,9-10H2,1-2,4-5H3;3-6H,1-2H2,(H,10,11)/t12-,15?,16?,17?,18?,19?,21?;/m1./s1. The Hall–Kier alpha value is -2.24. The molecule has 7 atom stereocenters. The van der Waals surface area contributed by atoms with Gasteiger partial charge >= 0.3 is 5.97 Å². The van der Waals surface area contributed by atoms with E-state index in [1.54, 1.807) is 12.4 Å². The number of hydrogen-bond acceptors (Lipinski definition) is 4. The molecule has 184 valence electrons. The Morgan fingerprint density at radius 3 is 2.53 bits per heavy atom. The third kappa shape index (κ3) is 4.29. The molecular formula is C29H39NO4. The number of carboxylic acids is 1. The fraction of sp³-hybridized carbons (Fsp3) is 0.586. The van der Waals surface area contributed by atoms with Gasteiger partial charge in [-0.15, -0.1) is 0 Å². The number of fused-ring (bicyclic) bond motifs is 5. The van der Waals surface area contributed by atoms with E-state index >= 15 is 0 Å². The molecule has 5 nitrogen and oxygen atoms in total. The van der Waals surface area contributed by atoms with Gasteiger partial charge in [-0.05, 0) is 89.2 Å². The summed E-state index contributed by atoms with van der Waals surface area (Å²) in [5.74, 6) is 2.43. The van der Waals surface area contributed by atoms with E-state index in [1.165, 1.54) is 6.42 Å². The molecule has 3 N–H and O–H groups in total. The summed E-state index contributed by atoms with van der Waals surface area (Å²) in [6.45, 7) is 13.5. The summed E-state index contributed by atoms with van der Waals surface area (Å²) in [6.07, 6.45) is 10.5. The topological polar surface area (TPSA) is 90.7 Å². The Balaban J connectivity index is 0.000000210. The van der Waals surface area contributed by atoms with Crippen molar-refractivity contribution in [1.29, 1.82) is 0 Å². The molecule has 1 aromatic rings. The zero-order chi connectivity index (χ0) is 24.8. The molecule has 4 aliphatic carbocycles. The van der Waals surface area contributed by atoms with Gasteiger partial charge in [0, 0.05) is 31.2 Å². The van der Waals surface area contributed by atoms with Gasteiger partial charge in [-0.25, -0.2) is 0 Å². The molecule has 5 heteroatoms. The lowest BCUT2D eigenvalue weighted by Crippen LogP contribution is -2.44. The van der Waals surface area contributed by atoms with Crippen LogP contribution in [0.4, 0.5) is 0 Å². The summed E-state index contributed by atoms with van der Waals surface area (Å²) in [5.41, 5.74) is 3.54. The van der Waals surface area contributed by atoms with Crippen molar-refractivity contribution < 1.29 is 20.1 Å². The van der Waals surface area contributed by atoms with Crippen LogP contribution in [-0.4, -0.2) is 38.5 Å². The smallest absolute Gasteiger partial charge is 0.303 e. The number of aliphatic carboxylic acids is 1. The lowest BCUT2D eigenvalue weighted by molar-refractivity contribution is -0.136. The predicted molar refractivity (Wildman–Crippen MR) is 133 cm³/mol. The summed E-state index contributed by atoms with van der Waals surface area (Å²) in [7, 11) is 0. The Bertz CT molecular complexity index is 1010. The maximum absolute atomic E-state index is 11.5. The molecule has 2 saturated carbocycles. The Morgan fingerprint density at radius 1 is 1.24 bits per heavy atom. The highest BCUT2D eigenvalue weighted by molar-refractivity contribution is 5.67. The molecule has 0 aromatic carbocycles. The number of carbonyl (C=O) groups is 1. The van der Waals surface area contributed by atoms with Crippen LogP contribution in [0.1, 0.15) is 52.5 Å². The number of aromatic nitrogens is 1. The van der Waals surface area contributed by atoms with E-state index in [0.717, 1.165) is 28.2 Å². The maximum atomic E-state index is 11.5. The first-order chi connectivity index (χ1) is 16.0. The number of aliphatic hydroxyl groups is 2. The van der Waals surface area contributed by atoms with Gasteiger partial charge in [-0.3, -0.25) is 9.78 Å². The zero-order valence-electron chi connectivity index (χ0n) is 20.9. The van der Waals surface area contributed by atoms with Crippen molar-refractivity contribution in [2.24, 2.45) is 40.9 Å². The molecule has 0 bridgehead atoms. The zero-order valence-corrected chi connectivity index (χ0v) is 20.9. The molecule has 34 heavy (non-hydrogen) atoms. The van der Waals surface area contributed by atoms with E-state index in [0.29, 0.717) is 41.9 Å². The number of hydrogen-bond donors (Lipinski definition) is 3. The van der Waals surface area contributed by atoms with Crippen LogP contribution in [-0.2, 0) is 11.2 Å². The highest BCUT2D eigenvalue weighted by Gasteiger charge is 2.67. The number of rotatable bonds is 4. The van der Waals surface area contributed by atoms with Crippen molar-refractivity contribution in [3.63, 3.8) is 0 Å². The van der Waals surface area contributed by atoms with Gasteiger partial charge < -0.3 is 15.3 Å². The normalized spacial score (nSPS) is 37.1. The van der Waals surface area contributed by atoms with Crippen LogP contribution >= 0.6 is 0 Å². The third-order valence-electron chi connectivity index (χ3n) is 9.18. The minimum Gasteiger partial charge on any atom is -0.481 e. The summed E-state index contributed by atoms with van der Waals surface area (Å²) >= 11 is 0. The molecule has 1 heterocycles. The van der Waals surface area contributed by atoms with Gasteiger partial charge in [0.2, 0.25) is 0 Å². The highest BCUT2D eigenvalue weighted by atomic mass is 16.4. The molecule has 4 aliphatic rings. The van der Waals surface area contributed by atoms with Crippen molar-refractivity contribution in [3.05, 3.63) is 65.5 Å². The summed E-state index contributed by atoms with van der Waals surface area (Å²) in [6, 6.07) is 3.64. The number of allylic oxidation sites excluding steroid dienone is 1. The molecule has 0 amide bonds. The van der Waals surface area contributed by atoms with Crippen LogP contribution in [0.3, 0.4) is 0 Å². The lowest BCUT2D eigenvalue weighted by Gasteiger charge is -2.42. The van der Waals surface area contributed by atoms with E-state index < -0.39 is 11.6 Å². The van der Waals surface area contributed by atoms with Crippen molar-refractivity contribution in [3.8, 4) is 0 Å². The minimum absolute atomic E-state index is 0.0524. The summed E-state index contributed by atoms with van der Waals surface area (Å²) in [4.78, 5) is 14.0. The second-order valence-electron chi connectivity index (χ2n) is 11.5. The van der Waals surface area contributed by atoms with Crippen LogP contribution in [0.25, 0.3) is 0 Å². The van der Waals surface area contributed by atoms with E-state index in [9.17, 15) is 15.0 Å². The average molecular weight is 466 g/mol. The molecule has 0 aliphatic heterocycles. The van der Waals surface area contributed by atoms with Gasteiger partial charge in [0.05, 0.1) is 12.2 Å². The van der Waals surface area contributed by atoms with Gasteiger partial charge in [-0.2, -0.15) is 0 Å². The third-order valence-corrected chi connectivity index (χ3v) is 9.18. The van der Waals surface area contributed by atoms with Crippen LogP contribution in [0.5, 0.6) is 0 Å². The SMILES string of the molecule is C=C1C(C)=CC2C3C(C=C(CO)CC12O)C1C(C[C@H]3C)C1(C)C.O=C(O)CCc1ccncc1. The van der Waals surface area contributed by atoms with E-state index in [4.69, 9.17) is 5.11 Å². The van der Waals surface area contributed by atoms with Crippen LogP contribution in [0.2, 0.25) is 0 Å². The molecule has 0 saturated heterocycles. The second kappa shape index (κ2) is 9.09. The van der Waals surface area contributed by atoms with Gasteiger partial charge in [0.15, 0.2) is 0 Å². The molecular weight excluding hydrogens is 426 g/mol. The number of carboxylic acid groups (broad SMARTS) is 1. The lowest BCUT2D eigenvalue weighted by atomic mass is 9.64. The van der Waals surface area contributed by atoms with Crippen LogP contribution < -0.4 is 0 Å². The second-order valence-corrected chi connectivity index (χ2v) is 11.5. The van der Waals surface area contributed by atoms with Gasteiger partial charge in [-0.1, -0.05) is 39.5 Å². The number of nitrogens with zero attached hydrogens (tertiary/aromatic N) is 1. The number of pyridine rings is 1. The summed E-state index contributed by atoms with van der Waals surface area (Å²) < 4.78 is 0. The first-order valence-electron chi connectivity index (χ1n) is 12.5. The van der Waals surface area contributed by atoms with Crippen molar-refractivity contribution in [1.82, 2.24) is 4.98 Å². The van der Waals surface area contributed by atoms with Crippen molar-refractivity contribution in [2.75, 3.05) is 6.61 Å². The molecule has 0 radical (unpaired) electrons. The molecule has 0 spiro atoms. The summed E-state index contributed by atoms with van der Waals surface area (Å²) in [5, 5.41) is 29.7.